The molecule has 0 atom stereocenters. The molecule has 2 heteroatoms. The van der Waals surface area contributed by atoms with Crippen molar-refractivity contribution >= 4 is 5.71 Å². The van der Waals surface area contributed by atoms with Crippen LogP contribution in [-0.4, -0.2) is 10.9 Å². The predicted octanol–water partition coefficient (Wildman–Crippen LogP) is 7.94. The smallest absolute Gasteiger partial charge is 0.0886 e. The first-order chi connectivity index (χ1) is 17.3. The van der Waals surface area contributed by atoms with Crippen LogP contribution >= 0.6 is 0 Å². The van der Waals surface area contributed by atoms with Gasteiger partial charge in [0.05, 0.1) is 11.1 Å². The van der Waals surface area contributed by atoms with Gasteiger partial charge in [-0.2, -0.15) is 0 Å². The van der Waals surface area contributed by atoms with Crippen molar-refractivity contribution in [3.63, 3.8) is 0 Å². The summed E-state index contributed by atoms with van der Waals surface area (Å²) in [6.07, 6.45) is 0.597. The molecule has 0 aromatic heterocycles. The van der Waals surface area contributed by atoms with Gasteiger partial charge in [-0.05, 0) is 51.1 Å². The summed E-state index contributed by atoms with van der Waals surface area (Å²) in [7, 11) is 0. The lowest BCUT2D eigenvalue weighted by molar-refractivity contribution is 0.318. The number of nitrogens with zero attached hydrogens (tertiary/aromatic N) is 1. The molecule has 35 heavy (non-hydrogen) atoms. The first-order valence-electron chi connectivity index (χ1n) is 11.9. The molecular weight excluding hydrogens is 426 g/mol. The molecule has 0 radical (unpaired) electrons. The molecule has 1 aliphatic rings. The minimum Gasteiger partial charge on any atom is -0.411 e. The van der Waals surface area contributed by atoms with Gasteiger partial charge in [0.15, 0.2) is 0 Å². The van der Waals surface area contributed by atoms with Crippen molar-refractivity contribution < 1.29 is 5.21 Å². The second kappa shape index (κ2) is 8.73. The highest BCUT2D eigenvalue weighted by atomic mass is 16.4. The van der Waals surface area contributed by atoms with Crippen LogP contribution in [0.1, 0.15) is 28.7 Å². The molecule has 5 aromatic carbocycles. The summed E-state index contributed by atoms with van der Waals surface area (Å²) < 4.78 is 0. The molecule has 0 aliphatic heterocycles. The monoisotopic (exact) mass is 451 g/mol. The van der Waals surface area contributed by atoms with Crippen molar-refractivity contribution in [3.05, 3.63) is 156 Å². The van der Waals surface area contributed by atoms with Gasteiger partial charge in [0.2, 0.25) is 0 Å². The van der Waals surface area contributed by atoms with Gasteiger partial charge >= 0.3 is 0 Å². The van der Waals surface area contributed by atoms with Crippen molar-refractivity contribution in [2.45, 2.75) is 11.8 Å². The van der Waals surface area contributed by atoms with Gasteiger partial charge in [-0.3, -0.25) is 0 Å². The Labute approximate surface area is 205 Å². The Balaban J connectivity index is 1.72. The molecule has 1 N–H and O–H groups in total. The van der Waals surface area contributed by atoms with Crippen molar-refractivity contribution in [2.75, 3.05) is 0 Å². The van der Waals surface area contributed by atoms with Gasteiger partial charge in [0, 0.05) is 12.0 Å². The minimum atomic E-state index is -0.446. The second-order valence-electron chi connectivity index (χ2n) is 9.04. The number of hydrogen-bond donors (Lipinski definition) is 1. The highest BCUT2D eigenvalue weighted by Crippen LogP contribution is 2.51. The Morgan fingerprint density at radius 1 is 0.514 bits per heavy atom. The Morgan fingerprint density at radius 2 is 0.943 bits per heavy atom. The van der Waals surface area contributed by atoms with Crippen LogP contribution in [0.25, 0.3) is 22.3 Å². The van der Waals surface area contributed by atoms with Crippen molar-refractivity contribution in [2.24, 2.45) is 5.16 Å². The van der Waals surface area contributed by atoms with E-state index in [0.29, 0.717) is 12.1 Å². The number of fused-ring (bicyclic) bond motifs is 1. The third-order valence-corrected chi connectivity index (χ3v) is 7.18. The Bertz CT molecular complexity index is 1450. The molecule has 0 heterocycles. The van der Waals surface area contributed by atoms with Gasteiger partial charge < -0.3 is 5.21 Å². The fourth-order valence-corrected chi connectivity index (χ4v) is 5.56. The molecule has 0 amide bonds. The quantitative estimate of drug-likeness (QED) is 0.218. The largest absolute Gasteiger partial charge is 0.411 e. The van der Waals surface area contributed by atoms with Crippen LogP contribution in [0.4, 0.5) is 0 Å². The normalized spacial score (nSPS) is 15.1. The predicted molar refractivity (Wildman–Crippen MR) is 143 cm³/mol. The standard InChI is InChI=1S/C33H25NO/c35-34-32-23-33(26-17-9-3-10-18-26,27-19-11-4-12-20-27)31-22-29(25-15-7-2-8-16-25)28(21-30(31)32)24-13-5-1-6-14-24/h1-22,35H,23H2. The van der Waals surface area contributed by atoms with Crippen LogP contribution in [-0.2, 0) is 5.41 Å². The van der Waals surface area contributed by atoms with E-state index in [-0.39, 0.29) is 0 Å². The van der Waals surface area contributed by atoms with Crippen LogP contribution in [0, 0.1) is 0 Å². The number of benzene rings is 5. The first kappa shape index (κ1) is 21.1. The summed E-state index contributed by atoms with van der Waals surface area (Å²) in [5.41, 5.74) is 9.43. The molecule has 0 saturated heterocycles. The Hall–Kier alpha value is -4.43. The summed E-state index contributed by atoms with van der Waals surface area (Å²) in [6.45, 7) is 0. The fraction of sp³-hybridized carbons (Fsp3) is 0.0606. The van der Waals surface area contributed by atoms with Crippen molar-refractivity contribution in [1.82, 2.24) is 0 Å². The maximum absolute atomic E-state index is 10.2. The van der Waals surface area contributed by atoms with Crippen molar-refractivity contribution in [1.29, 1.82) is 0 Å². The highest BCUT2D eigenvalue weighted by Gasteiger charge is 2.45. The van der Waals surface area contributed by atoms with E-state index >= 15 is 0 Å². The van der Waals surface area contributed by atoms with E-state index < -0.39 is 5.41 Å². The molecule has 0 bridgehead atoms. The molecule has 5 aromatic rings. The van der Waals surface area contributed by atoms with E-state index in [1.165, 1.54) is 27.8 Å². The van der Waals surface area contributed by atoms with E-state index in [1.54, 1.807) is 0 Å². The summed E-state index contributed by atoms with van der Waals surface area (Å²) >= 11 is 0. The maximum Gasteiger partial charge on any atom is 0.0886 e. The van der Waals surface area contributed by atoms with Gasteiger partial charge in [0.1, 0.15) is 0 Å². The lowest BCUT2D eigenvalue weighted by atomic mass is 9.69. The summed E-state index contributed by atoms with van der Waals surface area (Å²) in [5, 5.41) is 14.0. The average molecular weight is 452 g/mol. The van der Waals surface area contributed by atoms with E-state index in [1.807, 2.05) is 24.3 Å². The molecule has 168 valence electrons. The number of rotatable bonds is 4. The molecule has 2 nitrogen and oxygen atoms in total. The van der Waals surface area contributed by atoms with E-state index in [9.17, 15) is 5.21 Å². The molecule has 6 rings (SSSR count). The van der Waals surface area contributed by atoms with Crippen molar-refractivity contribution in [3.8, 4) is 22.3 Å². The van der Waals surface area contributed by atoms with Gasteiger partial charge in [-0.15, -0.1) is 0 Å². The second-order valence-corrected chi connectivity index (χ2v) is 9.04. The maximum atomic E-state index is 10.2. The van der Waals surface area contributed by atoms with Gasteiger partial charge in [0.25, 0.3) is 0 Å². The molecule has 0 unspecified atom stereocenters. The number of hydrogen-bond acceptors (Lipinski definition) is 2. The van der Waals surface area contributed by atoms with Crippen LogP contribution in [0.3, 0.4) is 0 Å². The fourth-order valence-electron chi connectivity index (χ4n) is 5.56. The van der Waals surface area contributed by atoms with E-state index in [4.69, 9.17) is 0 Å². The summed E-state index contributed by atoms with van der Waals surface area (Å²) in [4.78, 5) is 0. The molecule has 0 spiro atoms. The average Bonchev–Trinajstić information content (AvgIpc) is 3.29. The third kappa shape index (κ3) is 3.46. The van der Waals surface area contributed by atoms with E-state index in [2.05, 4.69) is 114 Å². The molecule has 0 fully saturated rings. The van der Waals surface area contributed by atoms with Gasteiger partial charge in [-0.1, -0.05) is 126 Å². The number of oxime groups is 1. The lowest BCUT2D eigenvalue weighted by Crippen LogP contribution is -2.27. The summed E-state index contributed by atoms with van der Waals surface area (Å²) in [6, 6.07) is 46.7. The molecule has 0 saturated carbocycles. The topological polar surface area (TPSA) is 32.6 Å². The minimum absolute atomic E-state index is 0.446. The van der Waals surface area contributed by atoms with Crippen LogP contribution in [0.5, 0.6) is 0 Å². The van der Waals surface area contributed by atoms with Crippen LogP contribution in [0.2, 0.25) is 0 Å². The van der Waals surface area contributed by atoms with Gasteiger partial charge in [-0.25, -0.2) is 0 Å². The van der Waals surface area contributed by atoms with Crippen LogP contribution < -0.4 is 0 Å². The van der Waals surface area contributed by atoms with E-state index in [0.717, 1.165) is 16.7 Å². The first-order valence-corrected chi connectivity index (χ1v) is 11.9. The third-order valence-electron chi connectivity index (χ3n) is 7.18. The Morgan fingerprint density at radius 3 is 1.40 bits per heavy atom. The zero-order valence-corrected chi connectivity index (χ0v) is 19.3. The molecular formula is C33H25NO. The lowest BCUT2D eigenvalue weighted by Gasteiger charge is -2.32. The van der Waals surface area contributed by atoms with Crippen LogP contribution in [0.15, 0.2) is 139 Å². The molecule has 1 aliphatic carbocycles. The highest BCUT2D eigenvalue weighted by molar-refractivity contribution is 6.09. The Kier molecular flexibility index (Phi) is 5.27. The zero-order chi connectivity index (χ0) is 23.7. The zero-order valence-electron chi connectivity index (χ0n) is 19.3. The summed E-state index contributed by atoms with van der Waals surface area (Å²) in [5.74, 6) is 0. The SMILES string of the molecule is ON=C1CC(c2ccccc2)(c2ccccc2)c2cc(-c3ccccc3)c(-c3ccccc3)cc21.